The summed E-state index contributed by atoms with van der Waals surface area (Å²) in [4.78, 5) is 0. The molecule has 1 aromatic heterocycles. The summed E-state index contributed by atoms with van der Waals surface area (Å²) >= 11 is 1.10. The first-order valence-corrected chi connectivity index (χ1v) is 6.35. The van der Waals surface area contributed by atoms with Gasteiger partial charge < -0.3 is 15.2 Å². The highest BCUT2D eigenvalue weighted by Crippen LogP contribution is 2.04. The Labute approximate surface area is 100 Å². The van der Waals surface area contributed by atoms with Crippen LogP contribution in [-0.2, 0) is 0 Å². The zero-order valence-corrected chi connectivity index (χ0v) is 10.4. The Bertz CT molecular complexity index is 257. The Hall–Kier alpha value is -0.720. The van der Waals surface area contributed by atoms with Crippen molar-refractivity contribution in [1.29, 1.82) is 0 Å². The minimum absolute atomic E-state index is 0.256. The van der Waals surface area contributed by atoms with Crippen LogP contribution in [0.1, 0.15) is 26.2 Å². The van der Waals surface area contributed by atoms with E-state index in [1.54, 1.807) is 6.20 Å². The lowest BCUT2D eigenvalue weighted by Crippen LogP contribution is -2.32. The molecule has 0 aliphatic rings. The number of rotatable bonds is 9. The molecule has 0 bridgehead atoms. The fraction of sp³-hybridized carbons (Fsp3) is 0.800. The Balaban J connectivity index is 1.96. The number of ether oxygens (including phenoxy) is 1. The normalized spacial score (nSPS) is 12.6. The third kappa shape index (κ3) is 5.99. The Kier molecular flexibility index (Phi) is 7.03. The van der Waals surface area contributed by atoms with Crippen molar-refractivity contribution in [2.24, 2.45) is 0 Å². The number of hydrogen-bond acceptors (Lipinski definition) is 6. The van der Waals surface area contributed by atoms with Crippen molar-refractivity contribution >= 4 is 11.7 Å². The first kappa shape index (κ1) is 13.3. The molecule has 0 saturated heterocycles. The highest BCUT2D eigenvalue weighted by Gasteiger charge is 2.05. The van der Waals surface area contributed by atoms with Crippen LogP contribution in [0, 0.1) is 0 Å². The Morgan fingerprint density at radius 1 is 1.56 bits per heavy atom. The summed E-state index contributed by atoms with van der Waals surface area (Å²) in [7, 11) is 0. The van der Waals surface area contributed by atoms with E-state index in [1.165, 1.54) is 12.8 Å². The maximum absolute atomic E-state index is 9.57. The van der Waals surface area contributed by atoms with Gasteiger partial charge in [0.25, 0.3) is 0 Å². The van der Waals surface area contributed by atoms with E-state index in [9.17, 15) is 5.11 Å². The van der Waals surface area contributed by atoms with Crippen LogP contribution in [0.2, 0.25) is 0 Å². The van der Waals surface area contributed by atoms with Crippen LogP contribution in [0.4, 0.5) is 0 Å². The summed E-state index contributed by atoms with van der Waals surface area (Å²) in [5, 5.41) is 12.8. The smallest absolute Gasteiger partial charge is 0.245 e. The van der Waals surface area contributed by atoms with Crippen LogP contribution < -0.4 is 10.1 Å². The van der Waals surface area contributed by atoms with E-state index in [1.807, 2.05) is 0 Å². The molecular weight excluding hydrogens is 226 g/mol. The molecule has 6 heteroatoms. The molecular formula is C10H19N3O2S. The van der Waals surface area contributed by atoms with E-state index >= 15 is 0 Å². The van der Waals surface area contributed by atoms with Crippen molar-refractivity contribution in [1.82, 2.24) is 14.1 Å². The zero-order valence-electron chi connectivity index (χ0n) is 9.56. The molecule has 0 aromatic carbocycles. The van der Waals surface area contributed by atoms with E-state index in [4.69, 9.17) is 4.74 Å². The molecule has 1 atom stereocenters. The first-order chi connectivity index (χ1) is 7.83. The van der Waals surface area contributed by atoms with Crippen LogP contribution in [0.15, 0.2) is 6.20 Å². The molecule has 1 aromatic rings. The highest BCUT2D eigenvalue weighted by molar-refractivity contribution is 6.99. The molecule has 2 N–H and O–H groups in total. The third-order valence-corrected chi connectivity index (χ3v) is 2.56. The van der Waals surface area contributed by atoms with Gasteiger partial charge in [-0.3, -0.25) is 0 Å². The number of hydrogen-bond donors (Lipinski definition) is 2. The standard InChI is InChI=1S/C10H19N3O2S/c1-2-3-4-5-11-6-9(14)8-15-10-7-12-16-13-10/h7,9,11,14H,2-6,8H2,1H3. The van der Waals surface area contributed by atoms with E-state index in [0.29, 0.717) is 12.4 Å². The number of aliphatic hydroxyl groups excluding tert-OH is 1. The van der Waals surface area contributed by atoms with Crippen LogP contribution in [0.5, 0.6) is 5.88 Å². The lowest BCUT2D eigenvalue weighted by Gasteiger charge is -2.11. The molecule has 0 saturated carbocycles. The van der Waals surface area contributed by atoms with Crippen molar-refractivity contribution in [3.63, 3.8) is 0 Å². The molecule has 5 nitrogen and oxygen atoms in total. The van der Waals surface area contributed by atoms with Crippen LogP contribution >= 0.6 is 11.7 Å². The van der Waals surface area contributed by atoms with Crippen molar-refractivity contribution in [3.05, 3.63) is 6.20 Å². The zero-order chi connectivity index (χ0) is 11.6. The van der Waals surface area contributed by atoms with Gasteiger partial charge in [-0.1, -0.05) is 19.8 Å². The summed E-state index contributed by atoms with van der Waals surface area (Å²) in [5.41, 5.74) is 0. The topological polar surface area (TPSA) is 67.3 Å². The predicted octanol–water partition coefficient (Wildman–Crippen LogP) is 1.06. The molecule has 0 aliphatic heterocycles. The fourth-order valence-electron chi connectivity index (χ4n) is 1.23. The molecule has 0 amide bonds. The molecule has 0 radical (unpaired) electrons. The third-order valence-electron chi connectivity index (χ3n) is 2.10. The van der Waals surface area contributed by atoms with E-state index < -0.39 is 6.10 Å². The number of unbranched alkanes of at least 4 members (excludes halogenated alkanes) is 2. The molecule has 0 aliphatic carbocycles. The average Bonchev–Trinajstić information content (AvgIpc) is 2.79. The van der Waals surface area contributed by atoms with Gasteiger partial charge in [-0.05, 0) is 13.0 Å². The van der Waals surface area contributed by atoms with Gasteiger partial charge in [-0.15, -0.1) is 4.37 Å². The summed E-state index contributed by atoms with van der Waals surface area (Å²) < 4.78 is 12.9. The summed E-state index contributed by atoms with van der Waals surface area (Å²) in [5.74, 6) is 0.482. The minimum atomic E-state index is -0.497. The predicted molar refractivity (Wildman–Crippen MR) is 63.8 cm³/mol. The molecule has 1 unspecified atom stereocenters. The van der Waals surface area contributed by atoms with Crippen LogP contribution in [0.3, 0.4) is 0 Å². The van der Waals surface area contributed by atoms with Gasteiger partial charge in [0.15, 0.2) is 0 Å². The number of nitrogens with zero attached hydrogens (tertiary/aromatic N) is 2. The summed E-state index contributed by atoms with van der Waals surface area (Å²) in [6.45, 7) is 3.93. The minimum Gasteiger partial charge on any atom is -0.473 e. The van der Waals surface area contributed by atoms with E-state index in [2.05, 4.69) is 21.0 Å². The van der Waals surface area contributed by atoms with Gasteiger partial charge >= 0.3 is 0 Å². The van der Waals surface area contributed by atoms with Gasteiger partial charge in [0.2, 0.25) is 5.88 Å². The SMILES string of the molecule is CCCCCNCC(O)COc1cnsn1. The average molecular weight is 245 g/mol. The Morgan fingerprint density at radius 2 is 2.44 bits per heavy atom. The highest BCUT2D eigenvalue weighted by atomic mass is 32.1. The van der Waals surface area contributed by atoms with Gasteiger partial charge in [0.1, 0.15) is 18.9 Å². The van der Waals surface area contributed by atoms with Crippen molar-refractivity contribution in [2.75, 3.05) is 19.7 Å². The fourth-order valence-corrected chi connectivity index (χ4v) is 1.59. The number of nitrogens with one attached hydrogen (secondary N) is 1. The van der Waals surface area contributed by atoms with Crippen LogP contribution in [0.25, 0.3) is 0 Å². The van der Waals surface area contributed by atoms with Gasteiger partial charge in [-0.25, -0.2) is 0 Å². The van der Waals surface area contributed by atoms with Gasteiger partial charge in [0, 0.05) is 6.54 Å². The van der Waals surface area contributed by atoms with Crippen molar-refractivity contribution in [3.8, 4) is 5.88 Å². The molecule has 1 rings (SSSR count). The second-order valence-electron chi connectivity index (χ2n) is 3.62. The summed E-state index contributed by atoms with van der Waals surface area (Å²) in [6, 6.07) is 0. The van der Waals surface area contributed by atoms with Gasteiger partial charge in [-0.2, -0.15) is 4.37 Å². The van der Waals surface area contributed by atoms with Crippen LogP contribution in [-0.4, -0.2) is 39.7 Å². The molecule has 0 fully saturated rings. The Morgan fingerprint density at radius 3 is 3.12 bits per heavy atom. The number of aromatic nitrogens is 2. The second kappa shape index (κ2) is 8.43. The molecule has 16 heavy (non-hydrogen) atoms. The number of aliphatic hydroxyl groups is 1. The maximum atomic E-state index is 9.57. The lowest BCUT2D eigenvalue weighted by molar-refractivity contribution is 0.104. The quantitative estimate of drug-likeness (QED) is 0.637. The largest absolute Gasteiger partial charge is 0.473 e. The van der Waals surface area contributed by atoms with E-state index in [0.717, 1.165) is 24.7 Å². The van der Waals surface area contributed by atoms with E-state index in [-0.39, 0.29) is 6.61 Å². The van der Waals surface area contributed by atoms with Crippen molar-refractivity contribution in [2.45, 2.75) is 32.3 Å². The van der Waals surface area contributed by atoms with Crippen molar-refractivity contribution < 1.29 is 9.84 Å². The second-order valence-corrected chi connectivity index (χ2v) is 4.18. The summed E-state index contributed by atoms with van der Waals surface area (Å²) in [6.07, 6.45) is 4.64. The van der Waals surface area contributed by atoms with Gasteiger partial charge in [0.05, 0.1) is 11.7 Å². The monoisotopic (exact) mass is 245 g/mol. The molecule has 0 spiro atoms. The molecule has 92 valence electrons. The molecule has 1 heterocycles. The first-order valence-electron chi connectivity index (χ1n) is 5.62. The lowest BCUT2D eigenvalue weighted by atomic mass is 10.2. The maximum Gasteiger partial charge on any atom is 0.245 e.